The van der Waals surface area contributed by atoms with Crippen molar-refractivity contribution in [2.75, 3.05) is 27.2 Å². The Balaban J connectivity index is 2.57. The highest BCUT2D eigenvalue weighted by molar-refractivity contribution is 5.87. The molecule has 1 aromatic rings. The number of Topliss-reactive ketones (excluding diaryl/α,β-unsaturated/α-hetero) is 1. The number of nitrogens with one attached hydrogen (secondary N) is 1. The smallest absolute Gasteiger partial charge is 0.408 e. The molecule has 1 aliphatic carbocycles. The van der Waals surface area contributed by atoms with E-state index in [4.69, 9.17) is 18.9 Å². The van der Waals surface area contributed by atoms with Crippen LogP contribution in [0.3, 0.4) is 0 Å². The number of rotatable bonds is 16. The number of alkyl carbamates (subject to hydrolysis) is 1. The number of aliphatic hydroxyl groups is 1. The van der Waals surface area contributed by atoms with Crippen molar-refractivity contribution in [3.8, 4) is 11.5 Å². The Morgan fingerprint density at radius 2 is 1.65 bits per heavy atom. The number of carbonyl (C=O) groups is 4. The molecule has 0 heterocycles. The Hall–Kier alpha value is -3.18. The molecule has 3 atom stereocenters. The summed E-state index contributed by atoms with van der Waals surface area (Å²) in [7, 11) is 3.51. The number of benzene rings is 1. The Labute approximate surface area is 287 Å². The first-order valence-electron chi connectivity index (χ1n) is 17.2. The first-order valence-corrected chi connectivity index (χ1v) is 17.2. The maximum absolute atomic E-state index is 13.5. The highest BCUT2D eigenvalue weighted by Crippen LogP contribution is 2.55. The van der Waals surface area contributed by atoms with Crippen LogP contribution in [0.25, 0.3) is 0 Å². The summed E-state index contributed by atoms with van der Waals surface area (Å²) in [6, 6.07) is 2.09. The molecule has 0 saturated heterocycles. The molecule has 2 rings (SSSR count). The van der Waals surface area contributed by atoms with Gasteiger partial charge in [-0.2, -0.15) is 0 Å². The summed E-state index contributed by atoms with van der Waals surface area (Å²) < 4.78 is 22.6. The standard InChI is InChI=1S/C37H60N2O9/c1-12-14-21-39(10)22-20-37(24-26(40)15-13-2)30-25(18-19-36(37,9)44)16-17-28(31(30)45-11)46-29(41)23-27(32(42)47-34(3,4)5)38-33(43)48-35(6,7)8/h16-17,27,44H,12-15,18-24H2,1-11H3,(H,38,43). The normalized spacial score (nSPS) is 20.0. The molecule has 1 aromatic carbocycles. The predicted octanol–water partition coefficient (Wildman–Crippen LogP) is 6.04. The quantitative estimate of drug-likeness (QED) is 0.157. The second-order valence-electron chi connectivity index (χ2n) is 15.3. The maximum atomic E-state index is 13.5. The number of unbranched alkanes of at least 4 members (excludes halogenated alkanes) is 1. The number of methoxy groups -OCH3 is 1. The van der Waals surface area contributed by atoms with Gasteiger partial charge in [-0.25, -0.2) is 9.59 Å². The number of ketones is 1. The molecule has 3 unspecified atom stereocenters. The topological polar surface area (TPSA) is 141 Å². The lowest BCUT2D eigenvalue weighted by Gasteiger charge is -2.51. The zero-order valence-electron chi connectivity index (χ0n) is 31.2. The van der Waals surface area contributed by atoms with Gasteiger partial charge in [-0.15, -0.1) is 0 Å². The molecule has 0 radical (unpaired) electrons. The SMILES string of the molecule is CCCCN(C)CCC1(CC(=O)CCC)c2c(ccc(OC(=O)CC(NC(=O)OC(C)(C)C)C(=O)OC(C)(C)C)c2OC)CCC1(C)O. The van der Waals surface area contributed by atoms with Crippen molar-refractivity contribution in [1.82, 2.24) is 10.2 Å². The van der Waals surface area contributed by atoms with Crippen molar-refractivity contribution in [3.63, 3.8) is 0 Å². The van der Waals surface area contributed by atoms with E-state index >= 15 is 0 Å². The minimum atomic E-state index is -1.39. The number of carbonyl (C=O) groups excluding carboxylic acids is 4. The van der Waals surface area contributed by atoms with Crippen molar-refractivity contribution in [1.29, 1.82) is 0 Å². The lowest BCUT2D eigenvalue weighted by Crippen LogP contribution is -2.55. The van der Waals surface area contributed by atoms with Gasteiger partial charge in [0.1, 0.15) is 23.0 Å². The van der Waals surface area contributed by atoms with E-state index in [0.717, 1.165) is 24.9 Å². The molecule has 0 fully saturated rings. The minimum absolute atomic E-state index is 0.0414. The van der Waals surface area contributed by atoms with E-state index < -0.39 is 52.7 Å². The van der Waals surface area contributed by atoms with Gasteiger partial charge in [-0.05, 0) is 112 Å². The predicted molar refractivity (Wildman–Crippen MR) is 184 cm³/mol. The number of hydrogen-bond acceptors (Lipinski definition) is 10. The third-order valence-electron chi connectivity index (χ3n) is 8.62. The molecule has 0 spiro atoms. The molecular weight excluding hydrogens is 616 g/mol. The Morgan fingerprint density at radius 1 is 1.00 bits per heavy atom. The first-order chi connectivity index (χ1) is 22.2. The van der Waals surface area contributed by atoms with Crippen molar-refractivity contribution in [3.05, 3.63) is 23.3 Å². The molecule has 1 amide bonds. The van der Waals surface area contributed by atoms with Gasteiger partial charge in [-0.3, -0.25) is 9.59 Å². The molecule has 0 bridgehead atoms. The number of amides is 1. The van der Waals surface area contributed by atoms with Crippen LogP contribution in [0, 0.1) is 0 Å². The van der Waals surface area contributed by atoms with Crippen LogP contribution >= 0.6 is 0 Å². The monoisotopic (exact) mass is 676 g/mol. The minimum Gasteiger partial charge on any atom is -0.493 e. The van der Waals surface area contributed by atoms with E-state index in [2.05, 4.69) is 17.1 Å². The molecule has 11 heteroatoms. The Morgan fingerprint density at radius 3 is 2.21 bits per heavy atom. The van der Waals surface area contributed by atoms with Gasteiger partial charge in [0.15, 0.2) is 11.5 Å². The van der Waals surface area contributed by atoms with Gasteiger partial charge >= 0.3 is 18.0 Å². The maximum Gasteiger partial charge on any atom is 0.408 e. The fraction of sp³-hybridized carbons (Fsp3) is 0.730. The fourth-order valence-corrected chi connectivity index (χ4v) is 6.24. The molecule has 272 valence electrons. The van der Waals surface area contributed by atoms with Crippen LogP contribution in [0.1, 0.15) is 125 Å². The van der Waals surface area contributed by atoms with E-state index in [9.17, 15) is 24.3 Å². The van der Waals surface area contributed by atoms with E-state index in [0.29, 0.717) is 44.2 Å². The summed E-state index contributed by atoms with van der Waals surface area (Å²) in [5, 5.41) is 14.6. The lowest BCUT2D eigenvalue weighted by atomic mass is 9.56. The van der Waals surface area contributed by atoms with Crippen LogP contribution in [0.5, 0.6) is 11.5 Å². The summed E-state index contributed by atoms with van der Waals surface area (Å²) in [6.07, 6.45) is 3.30. The summed E-state index contributed by atoms with van der Waals surface area (Å²) in [4.78, 5) is 54.8. The van der Waals surface area contributed by atoms with Gasteiger partial charge in [0.2, 0.25) is 0 Å². The Kier molecular flexibility index (Phi) is 14.5. The van der Waals surface area contributed by atoms with Gasteiger partial charge in [-0.1, -0.05) is 26.3 Å². The van der Waals surface area contributed by atoms with E-state index in [-0.39, 0.29) is 23.7 Å². The average Bonchev–Trinajstić information content (AvgIpc) is 2.94. The van der Waals surface area contributed by atoms with Gasteiger partial charge in [0, 0.05) is 23.8 Å². The second kappa shape index (κ2) is 17.0. The second-order valence-corrected chi connectivity index (χ2v) is 15.3. The summed E-state index contributed by atoms with van der Waals surface area (Å²) >= 11 is 0. The molecular formula is C37H60N2O9. The summed E-state index contributed by atoms with van der Waals surface area (Å²) in [5.41, 5.74) is -2.41. The largest absolute Gasteiger partial charge is 0.493 e. The van der Waals surface area contributed by atoms with Crippen LogP contribution in [0.2, 0.25) is 0 Å². The summed E-state index contributed by atoms with van der Waals surface area (Å²) in [6.45, 7) is 17.5. The van der Waals surface area contributed by atoms with Crippen LogP contribution < -0.4 is 14.8 Å². The fourth-order valence-electron chi connectivity index (χ4n) is 6.24. The number of nitrogens with zero attached hydrogens (tertiary/aromatic N) is 1. The highest BCUT2D eigenvalue weighted by Gasteiger charge is 2.54. The molecule has 0 aromatic heterocycles. The number of hydrogen-bond donors (Lipinski definition) is 2. The first kappa shape index (κ1) is 41.0. The molecule has 2 N–H and O–H groups in total. The number of aryl methyl sites for hydroxylation is 1. The molecule has 48 heavy (non-hydrogen) atoms. The van der Waals surface area contributed by atoms with Crippen molar-refractivity contribution in [2.24, 2.45) is 0 Å². The average molecular weight is 677 g/mol. The Bertz CT molecular complexity index is 1280. The third-order valence-corrected chi connectivity index (χ3v) is 8.62. The van der Waals surface area contributed by atoms with Gasteiger partial charge < -0.3 is 34.3 Å². The molecule has 0 aliphatic heterocycles. The van der Waals surface area contributed by atoms with Gasteiger partial charge in [0.25, 0.3) is 0 Å². The highest BCUT2D eigenvalue weighted by atomic mass is 16.6. The zero-order valence-corrected chi connectivity index (χ0v) is 31.2. The number of ether oxygens (including phenoxy) is 4. The molecule has 0 saturated carbocycles. The van der Waals surface area contributed by atoms with Crippen LogP contribution in [-0.4, -0.2) is 83.9 Å². The summed E-state index contributed by atoms with van der Waals surface area (Å²) in [5.74, 6) is -1.25. The van der Waals surface area contributed by atoms with Gasteiger partial charge in [0.05, 0.1) is 19.1 Å². The molecule has 1 aliphatic rings. The lowest BCUT2D eigenvalue weighted by molar-refractivity contribution is -0.159. The van der Waals surface area contributed by atoms with Crippen molar-refractivity contribution >= 4 is 23.8 Å². The number of fused-ring (bicyclic) bond motifs is 1. The van der Waals surface area contributed by atoms with Crippen LogP contribution in [0.15, 0.2) is 12.1 Å². The van der Waals surface area contributed by atoms with E-state index in [1.54, 1.807) is 54.5 Å². The van der Waals surface area contributed by atoms with E-state index in [1.807, 2.05) is 20.0 Å². The van der Waals surface area contributed by atoms with Crippen molar-refractivity contribution < 1.29 is 43.2 Å². The van der Waals surface area contributed by atoms with Crippen LogP contribution in [-0.2, 0) is 35.7 Å². The van der Waals surface area contributed by atoms with E-state index in [1.165, 1.54) is 7.11 Å². The zero-order chi connectivity index (χ0) is 36.5. The third kappa shape index (κ3) is 11.5. The molecule has 11 nitrogen and oxygen atoms in total. The van der Waals surface area contributed by atoms with Crippen LogP contribution in [0.4, 0.5) is 4.79 Å². The number of esters is 2. The van der Waals surface area contributed by atoms with Crippen molar-refractivity contribution in [2.45, 2.75) is 148 Å².